The second-order valence-corrected chi connectivity index (χ2v) is 7.15. The lowest BCUT2D eigenvalue weighted by atomic mass is 9.87. The van der Waals surface area contributed by atoms with E-state index in [9.17, 15) is 0 Å². The number of benzene rings is 1. The molecule has 0 saturated heterocycles. The molecule has 0 atom stereocenters. The highest BCUT2D eigenvalue weighted by molar-refractivity contribution is 7.13. The van der Waals surface area contributed by atoms with E-state index in [2.05, 4.69) is 59.7 Å². The number of hydrogen-bond donors (Lipinski definition) is 1. The minimum atomic E-state index is 0.144. The first kappa shape index (κ1) is 15.0. The van der Waals surface area contributed by atoms with Crippen LogP contribution in [0.4, 0.5) is 5.13 Å². The quantitative estimate of drug-likeness (QED) is 0.865. The van der Waals surface area contributed by atoms with E-state index in [1.54, 1.807) is 11.3 Å². The molecule has 2 aromatic rings. The van der Waals surface area contributed by atoms with Crippen LogP contribution in [0.25, 0.3) is 12.2 Å². The molecule has 1 aliphatic rings. The van der Waals surface area contributed by atoms with Crippen molar-refractivity contribution in [1.82, 2.24) is 4.98 Å². The summed E-state index contributed by atoms with van der Waals surface area (Å²) in [5.41, 5.74) is 7.03. The summed E-state index contributed by atoms with van der Waals surface area (Å²) in [5, 5.41) is 6.50. The molecule has 1 N–H and O–H groups in total. The van der Waals surface area contributed by atoms with Crippen LogP contribution in [0.2, 0.25) is 0 Å². The van der Waals surface area contributed by atoms with Gasteiger partial charge in [-0.15, -0.1) is 0 Å². The van der Waals surface area contributed by atoms with Crippen LogP contribution in [-0.4, -0.2) is 10.7 Å². The molecular formula is C18H21N3S. The van der Waals surface area contributed by atoms with Crippen LogP contribution in [0.5, 0.6) is 0 Å². The van der Waals surface area contributed by atoms with Gasteiger partial charge in [0.15, 0.2) is 0 Å². The first-order valence-corrected chi connectivity index (χ1v) is 8.39. The van der Waals surface area contributed by atoms with Gasteiger partial charge in [-0.25, -0.2) is 4.98 Å². The minimum absolute atomic E-state index is 0.144. The maximum Gasteiger partial charge on any atom is 0.204 e. The van der Waals surface area contributed by atoms with Gasteiger partial charge in [0.05, 0.1) is 15.6 Å². The fourth-order valence-corrected chi connectivity index (χ4v) is 3.78. The second kappa shape index (κ2) is 5.69. The molecule has 0 saturated carbocycles. The number of hydrogen-bond acceptors (Lipinski definition) is 4. The van der Waals surface area contributed by atoms with Crippen LogP contribution in [0, 0.1) is 0 Å². The Hall–Kier alpha value is -1.94. The third-order valence-electron chi connectivity index (χ3n) is 4.08. The molecule has 114 valence electrons. The lowest BCUT2D eigenvalue weighted by Gasteiger charge is -2.17. The molecular weight excluding hydrogens is 290 g/mol. The van der Waals surface area contributed by atoms with E-state index in [1.165, 1.54) is 15.7 Å². The van der Waals surface area contributed by atoms with Crippen LogP contribution in [0.15, 0.2) is 29.4 Å². The Balaban J connectivity index is 1.94. The summed E-state index contributed by atoms with van der Waals surface area (Å²) in [6.07, 6.45) is 5.06. The van der Waals surface area contributed by atoms with E-state index in [4.69, 9.17) is 0 Å². The maximum absolute atomic E-state index is 4.64. The van der Waals surface area contributed by atoms with Crippen molar-refractivity contribution in [3.8, 4) is 0 Å². The molecule has 0 fully saturated rings. The molecule has 22 heavy (non-hydrogen) atoms. The van der Waals surface area contributed by atoms with E-state index < -0.39 is 0 Å². The van der Waals surface area contributed by atoms with E-state index in [0.29, 0.717) is 0 Å². The molecule has 3 nitrogen and oxygen atoms in total. The Morgan fingerprint density at radius 2 is 2.00 bits per heavy atom. The van der Waals surface area contributed by atoms with Crippen LogP contribution in [-0.2, 0) is 5.41 Å². The SMILES string of the molecule is C/C=c1/nc(N/N=C2/CC(C)(C)c3ccccc32)s/c1=C/C. The highest BCUT2D eigenvalue weighted by atomic mass is 32.1. The number of rotatable bonds is 2. The molecule has 0 radical (unpaired) electrons. The monoisotopic (exact) mass is 311 g/mol. The molecule has 4 heteroatoms. The third-order valence-corrected chi connectivity index (χ3v) is 5.12. The van der Waals surface area contributed by atoms with Crippen molar-refractivity contribution in [3.05, 3.63) is 45.3 Å². The summed E-state index contributed by atoms with van der Waals surface area (Å²) in [7, 11) is 0. The lowest BCUT2D eigenvalue weighted by molar-refractivity contribution is 0.568. The van der Waals surface area contributed by atoms with Crippen molar-refractivity contribution in [2.45, 2.75) is 39.5 Å². The van der Waals surface area contributed by atoms with Crippen molar-refractivity contribution < 1.29 is 0 Å². The highest BCUT2D eigenvalue weighted by Crippen LogP contribution is 2.38. The molecule has 1 aromatic carbocycles. The number of nitrogens with zero attached hydrogens (tertiary/aromatic N) is 2. The number of anilines is 1. The van der Waals surface area contributed by atoms with Gasteiger partial charge in [0.25, 0.3) is 0 Å². The fourth-order valence-electron chi connectivity index (χ4n) is 2.95. The predicted molar refractivity (Wildman–Crippen MR) is 95.9 cm³/mol. The van der Waals surface area contributed by atoms with Gasteiger partial charge in [-0.1, -0.05) is 61.6 Å². The molecule has 1 aliphatic carbocycles. The molecule has 0 aliphatic heterocycles. The van der Waals surface area contributed by atoms with Gasteiger partial charge in [-0.05, 0) is 24.8 Å². The predicted octanol–water partition coefficient (Wildman–Crippen LogP) is 3.24. The van der Waals surface area contributed by atoms with E-state index in [-0.39, 0.29) is 5.41 Å². The lowest BCUT2D eigenvalue weighted by Crippen LogP contribution is -2.19. The number of fused-ring (bicyclic) bond motifs is 1. The zero-order valence-corrected chi connectivity index (χ0v) is 14.3. The third kappa shape index (κ3) is 2.59. The van der Waals surface area contributed by atoms with Gasteiger partial charge in [0, 0.05) is 12.0 Å². The van der Waals surface area contributed by atoms with Gasteiger partial charge >= 0.3 is 0 Å². The first-order chi connectivity index (χ1) is 10.5. The van der Waals surface area contributed by atoms with Gasteiger partial charge in [-0.3, -0.25) is 5.43 Å². The van der Waals surface area contributed by atoms with Crippen LogP contribution < -0.4 is 15.3 Å². The number of hydrazone groups is 1. The number of nitrogens with one attached hydrogen (secondary N) is 1. The normalized spacial score (nSPS) is 19.7. The topological polar surface area (TPSA) is 37.3 Å². The average Bonchev–Trinajstić information content (AvgIpc) is 3.04. The van der Waals surface area contributed by atoms with Crippen molar-refractivity contribution >= 4 is 34.3 Å². The Kier molecular flexibility index (Phi) is 3.87. The van der Waals surface area contributed by atoms with Gasteiger partial charge in [0.2, 0.25) is 5.13 Å². The summed E-state index contributed by atoms with van der Waals surface area (Å²) < 4.78 is 1.18. The molecule has 0 unspecified atom stereocenters. The standard InChI is InChI=1S/C18H21N3S/c1-5-14-16(6-2)22-17(19-14)21-20-15-11-18(3,4)13-10-8-7-9-12(13)15/h5-10H,11H2,1-4H3,(H,19,21)/b14-5+,16-6+,20-15-. The number of aromatic nitrogens is 1. The summed E-state index contributed by atoms with van der Waals surface area (Å²) >= 11 is 1.63. The van der Waals surface area contributed by atoms with Crippen molar-refractivity contribution in [3.63, 3.8) is 0 Å². The molecule has 1 heterocycles. The molecule has 0 bridgehead atoms. The minimum Gasteiger partial charge on any atom is -0.252 e. The summed E-state index contributed by atoms with van der Waals surface area (Å²) in [4.78, 5) is 4.57. The van der Waals surface area contributed by atoms with Gasteiger partial charge in [0.1, 0.15) is 0 Å². The molecule has 0 amide bonds. The maximum atomic E-state index is 4.64. The van der Waals surface area contributed by atoms with Crippen LogP contribution >= 0.6 is 11.3 Å². The highest BCUT2D eigenvalue weighted by Gasteiger charge is 2.33. The molecule has 3 rings (SSSR count). The Bertz CT molecular complexity index is 812. The number of thiazole rings is 1. The summed E-state index contributed by atoms with van der Waals surface area (Å²) in [5.74, 6) is 0. The van der Waals surface area contributed by atoms with E-state index in [0.717, 1.165) is 22.6 Å². The van der Waals surface area contributed by atoms with Crippen LogP contribution in [0.1, 0.15) is 45.2 Å². The van der Waals surface area contributed by atoms with Gasteiger partial charge in [-0.2, -0.15) is 5.10 Å². The largest absolute Gasteiger partial charge is 0.252 e. The Morgan fingerprint density at radius 1 is 1.23 bits per heavy atom. The van der Waals surface area contributed by atoms with Crippen molar-refractivity contribution in [2.24, 2.45) is 5.10 Å². The smallest absolute Gasteiger partial charge is 0.204 e. The Labute approximate surface area is 135 Å². The molecule has 1 aromatic heterocycles. The summed E-state index contributed by atoms with van der Waals surface area (Å²) in [6.45, 7) is 8.58. The Morgan fingerprint density at radius 3 is 2.68 bits per heavy atom. The summed E-state index contributed by atoms with van der Waals surface area (Å²) in [6, 6.07) is 8.54. The van der Waals surface area contributed by atoms with Crippen molar-refractivity contribution in [2.75, 3.05) is 5.43 Å². The zero-order valence-electron chi connectivity index (χ0n) is 13.5. The first-order valence-electron chi connectivity index (χ1n) is 7.57. The van der Waals surface area contributed by atoms with Crippen LogP contribution in [0.3, 0.4) is 0 Å². The second-order valence-electron chi connectivity index (χ2n) is 6.12. The van der Waals surface area contributed by atoms with E-state index in [1.807, 2.05) is 19.9 Å². The molecule has 0 spiro atoms. The fraction of sp³-hybridized carbons (Fsp3) is 0.333. The average molecular weight is 311 g/mol. The zero-order chi connectivity index (χ0) is 15.7. The van der Waals surface area contributed by atoms with Crippen molar-refractivity contribution in [1.29, 1.82) is 0 Å². The van der Waals surface area contributed by atoms with Gasteiger partial charge < -0.3 is 0 Å². The van der Waals surface area contributed by atoms with E-state index >= 15 is 0 Å².